The van der Waals surface area contributed by atoms with Crippen molar-refractivity contribution in [1.82, 2.24) is 20.6 Å². The second kappa shape index (κ2) is 5.52. The fraction of sp³-hybridized carbons (Fsp3) is 0.545. The predicted octanol–water partition coefficient (Wildman–Crippen LogP) is 0.503. The van der Waals surface area contributed by atoms with Gasteiger partial charge in [0.2, 0.25) is 0 Å². The summed E-state index contributed by atoms with van der Waals surface area (Å²) in [6.45, 7) is 5.45. The molecular formula is C11H18N4O3. The lowest BCUT2D eigenvalue weighted by molar-refractivity contribution is -0.139. The molecule has 0 aliphatic heterocycles. The maximum atomic E-state index is 11.6. The average molecular weight is 254 g/mol. The van der Waals surface area contributed by atoms with Crippen LogP contribution < -0.4 is 10.6 Å². The number of hydrogen-bond acceptors (Lipinski definition) is 3. The third-order valence-electron chi connectivity index (χ3n) is 2.07. The summed E-state index contributed by atoms with van der Waals surface area (Å²) >= 11 is 0. The van der Waals surface area contributed by atoms with Gasteiger partial charge in [-0.25, -0.2) is 14.6 Å². The third-order valence-corrected chi connectivity index (χ3v) is 2.07. The highest BCUT2D eigenvalue weighted by Gasteiger charge is 2.23. The van der Waals surface area contributed by atoms with Crippen LogP contribution in [-0.4, -0.2) is 38.7 Å². The van der Waals surface area contributed by atoms with Crippen LogP contribution in [0.3, 0.4) is 0 Å². The van der Waals surface area contributed by atoms with Crippen LogP contribution in [0.2, 0.25) is 0 Å². The number of aliphatic carboxylic acids is 1. The molecule has 1 aromatic rings. The van der Waals surface area contributed by atoms with Gasteiger partial charge in [0.05, 0.1) is 6.33 Å². The molecule has 7 heteroatoms. The molecule has 0 unspecified atom stereocenters. The van der Waals surface area contributed by atoms with Gasteiger partial charge in [0.25, 0.3) is 0 Å². The van der Waals surface area contributed by atoms with Crippen LogP contribution in [0.4, 0.5) is 4.79 Å². The molecule has 1 aromatic heterocycles. The van der Waals surface area contributed by atoms with E-state index in [0.29, 0.717) is 5.69 Å². The largest absolute Gasteiger partial charge is 0.480 e. The number of carboxylic acids is 1. The number of nitrogens with one attached hydrogen (secondary N) is 3. The maximum Gasteiger partial charge on any atom is 0.326 e. The highest BCUT2D eigenvalue weighted by molar-refractivity contribution is 5.83. The number of carbonyl (C=O) groups is 2. The normalized spacial score (nSPS) is 12.8. The highest BCUT2D eigenvalue weighted by atomic mass is 16.4. The summed E-state index contributed by atoms with van der Waals surface area (Å²) < 4.78 is 0. The molecule has 4 N–H and O–H groups in total. The number of aromatic amines is 1. The number of aromatic nitrogens is 2. The lowest BCUT2D eigenvalue weighted by atomic mass is 10.1. The van der Waals surface area contributed by atoms with Crippen molar-refractivity contribution in [3.8, 4) is 0 Å². The standard InChI is InChI=1S/C11H18N4O3/c1-11(2,3)15-10(18)14-8(9(16)17)4-7-5-12-6-13-7/h5-6,8H,4H2,1-3H3,(H,12,13)(H,16,17)(H2,14,15,18)/t8-/m0/s1. The molecule has 0 aliphatic carbocycles. The molecule has 0 aliphatic rings. The molecule has 0 fully saturated rings. The zero-order valence-electron chi connectivity index (χ0n) is 10.7. The molecule has 0 radical (unpaired) electrons. The molecule has 100 valence electrons. The smallest absolute Gasteiger partial charge is 0.326 e. The van der Waals surface area contributed by atoms with Crippen molar-refractivity contribution in [3.63, 3.8) is 0 Å². The van der Waals surface area contributed by atoms with Gasteiger partial charge in [-0.15, -0.1) is 0 Å². The number of imidazole rings is 1. The van der Waals surface area contributed by atoms with Gasteiger partial charge in [0.15, 0.2) is 0 Å². The second-order valence-electron chi connectivity index (χ2n) is 5.02. The number of amides is 2. The van der Waals surface area contributed by atoms with Gasteiger partial charge < -0.3 is 20.7 Å². The van der Waals surface area contributed by atoms with Crippen LogP contribution in [0.25, 0.3) is 0 Å². The van der Waals surface area contributed by atoms with Crippen molar-refractivity contribution in [2.45, 2.75) is 38.8 Å². The Hall–Kier alpha value is -2.05. The van der Waals surface area contributed by atoms with Gasteiger partial charge in [-0.3, -0.25) is 0 Å². The summed E-state index contributed by atoms with van der Waals surface area (Å²) in [5, 5.41) is 14.1. The number of hydrogen-bond donors (Lipinski definition) is 4. The maximum absolute atomic E-state index is 11.6. The van der Waals surface area contributed by atoms with E-state index in [9.17, 15) is 9.59 Å². The predicted molar refractivity (Wildman–Crippen MR) is 65.1 cm³/mol. The van der Waals surface area contributed by atoms with E-state index >= 15 is 0 Å². The van der Waals surface area contributed by atoms with Gasteiger partial charge in [0, 0.05) is 23.9 Å². The first-order chi connectivity index (χ1) is 8.28. The number of nitrogens with zero attached hydrogens (tertiary/aromatic N) is 1. The SMILES string of the molecule is CC(C)(C)NC(=O)N[C@@H](Cc1cnc[nH]1)C(=O)O. The minimum atomic E-state index is -1.09. The fourth-order valence-electron chi connectivity index (χ4n) is 1.35. The topological polar surface area (TPSA) is 107 Å². The van der Waals surface area contributed by atoms with E-state index in [2.05, 4.69) is 20.6 Å². The quantitative estimate of drug-likeness (QED) is 0.627. The van der Waals surface area contributed by atoms with Crippen LogP contribution >= 0.6 is 0 Å². The Morgan fingerprint density at radius 2 is 2.17 bits per heavy atom. The molecule has 2 amide bonds. The molecule has 0 spiro atoms. The zero-order valence-corrected chi connectivity index (χ0v) is 10.7. The van der Waals surface area contributed by atoms with Crippen molar-refractivity contribution in [2.24, 2.45) is 0 Å². The van der Waals surface area contributed by atoms with E-state index in [1.807, 2.05) is 20.8 Å². The van der Waals surface area contributed by atoms with E-state index in [-0.39, 0.29) is 6.42 Å². The Labute approximate surface area is 105 Å². The van der Waals surface area contributed by atoms with E-state index in [1.165, 1.54) is 12.5 Å². The van der Waals surface area contributed by atoms with Crippen LogP contribution in [0.1, 0.15) is 26.5 Å². The Kier molecular flexibility index (Phi) is 4.30. The lowest BCUT2D eigenvalue weighted by Gasteiger charge is -2.22. The van der Waals surface area contributed by atoms with Gasteiger partial charge >= 0.3 is 12.0 Å². The number of carbonyl (C=O) groups excluding carboxylic acids is 1. The molecule has 1 atom stereocenters. The summed E-state index contributed by atoms with van der Waals surface area (Å²) in [5.74, 6) is -1.09. The summed E-state index contributed by atoms with van der Waals surface area (Å²) in [5.41, 5.74) is 0.236. The van der Waals surface area contributed by atoms with Gasteiger partial charge in [-0.05, 0) is 20.8 Å². The molecule has 7 nitrogen and oxygen atoms in total. The van der Waals surface area contributed by atoms with Crippen molar-refractivity contribution in [1.29, 1.82) is 0 Å². The molecular weight excluding hydrogens is 236 g/mol. The molecule has 0 saturated carbocycles. The third kappa shape index (κ3) is 4.86. The summed E-state index contributed by atoms with van der Waals surface area (Å²) in [6.07, 6.45) is 3.15. The first kappa shape index (κ1) is 14.0. The molecule has 0 bridgehead atoms. The second-order valence-corrected chi connectivity index (χ2v) is 5.02. The van der Waals surface area contributed by atoms with Crippen LogP contribution in [-0.2, 0) is 11.2 Å². The highest BCUT2D eigenvalue weighted by Crippen LogP contribution is 2.01. The summed E-state index contributed by atoms with van der Waals surface area (Å²) in [4.78, 5) is 29.2. The van der Waals surface area contributed by atoms with Crippen molar-refractivity contribution < 1.29 is 14.7 Å². The summed E-state index contributed by atoms with van der Waals surface area (Å²) in [7, 11) is 0. The van der Waals surface area contributed by atoms with Gasteiger partial charge in [0.1, 0.15) is 6.04 Å². The Balaban J connectivity index is 2.58. The molecule has 0 saturated heterocycles. The summed E-state index contributed by atoms with van der Waals surface area (Å²) in [6, 6.07) is -1.50. The van der Waals surface area contributed by atoms with Crippen LogP contribution in [0.5, 0.6) is 0 Å². The van der Waals surface area contributed by atoms with E-state index in [1.54, 1.807) is 0 Å². The molecule has 18 heavy (non-hydrogen) atoms. The monoisotopic (exact) mass is 254 g/mol. The van der Waals surface area contributed by atoms with Crippen LogP contribution in [0.15, 0.2) is 12.5 Å². The lowest BCUT2D eigenvalue weighted by Crippen LogP contribution is -2.52. The average Bonchev–Trinajstić information content (AvgIpc) is 2.66. The molecule has 1 heterocycles. The minimum Gasteiger partial charge on any atom is -0.480 e. The minimum absolute atomic E-state index is 0.160. The van der Waals surface area contributed by atoms with Gasteiger partial charge in [-0.1, -0.05) is 0 Å². The van der Waals surface area contributed by atoms with Crippen molar-refractivity contribution >= 4 is 12.0 Å². The number of H-pyrrole nitrogens is 1. The first-order valence-electron chi connectivity index (χ1n) is 5.56. The Morgan fingerprint density at radius 3 is 2.61 bits per heavy atom. The number of rotatable bonds is 4. The van der Waals surface area contributed by atoms with Crippen molar-refractivity contribution in [2.75, 3.05) is 0 Å². The van der Waals surface area contributed by atoms with E-state index in [4.69, 9.17) is 5.11 Å². The number of urea groups is 1. The number of carboxylic acid groups (broad SMARTS) is 1. The van der Waals surface area contributed by atoms with E-state index in [0.717, 1.165) is 0 Å². The molecule has 1 rings (SSSR count). The van der Waals surface area contributed by atoms with Gasteiger partial charge in [-0.2, -0.15) is 0 Å². The molecule has 0 aromatic carbocycles. The van der Waals surface area contributed by atoms with E-state index < -0.39 is 23.6 Å². The Morgan fingerprint density at radius 1 is 1.50 bits per heavy atom. The van der Waals surface area contributed by atoms with Crippen molar-refractivity contribution in [3.05, 3.63) is 18.2 Å². The fourth-order valence-corrected chi connectivity index (χ4v) is 1.35. The Bertz CT molecular complexity index is 408. The first-order valence-corrected chi connectivity index (χ1v) is 5.56. The van der Waals surface area contributed by atoms with Crippen LogP contribution in [0, 0.1) is 0 Å². The zero-order chi connectivity index (χ0) is 13.8.